The van der Waals surface area contributed by atoms with Gasteiger partial charge < -0.3 is 4.90 Å². The van der Waals surface area contributed by atoms with Gasteiger partial charge in [0.25, 0.3) is 0 Å². The van der Waals surface area contributed by atoms with E-state index in [1.807, 2.05) is 17.8 Å². The van der Waals surface area contributed by atoms with Gasteiger partial charge in [0.05, 0.1) is 0 Å². The Morgan fingerprint density at radius 3 is 2.55 bits per heavy atom. The van der Waals surface area contributed by atoms with Crippen LogP contribution in [-0.2, 0) is 0 Å². The number of halogens is 2. The lowest BCUT2D eigenvalue weighted by atomic mass is 9.96. The van der Waals surface area contributed by atoms with Crippen molar-refractivity contribution in [1.29, 1.82) is 0 Å². The van der Waals surface area contributed by atoms with Crippen LogP contribution >= 0.6 is 35.8 Å². The second-order valence-electron chi connectivity index (χ2n) is 5.45. The quantitative estimate of drug-likeness (QED) is 0.603. The third kappa shape index (κ3) is 3.69. The highest BCUT2D eigenvalue weighted by Gasteiger charge is 2.20. The molecule has 0 unspecified atom stereocenters. The fraction of sp³-hybridized carbons (Fsp3) is 0.222. The molecule has 4 heteroatoms. The van der Waals surface area contributed by atoms with Gasteiger partial charge in [-0.15, -0.1) is 12.4 Å². The molecule has 0 fully saturated rings. The van der Waals surface area contributed by atoms with Gasteiger partial charge in [0.2, 0.25) is 0 Å². The first kappa shape index (κ1) is 17.4. The molecular formula is C18H19Cl2NS. The lowest BCUT2D eigenvalue weighted by Crippen LogP contribution is -2.12. The molecule has 2 aromatic carbocycles. The van der Waals surface area contributed by atoms with Gasteiger partial charge in [-0.1, -0.05) is 47.6 Å². The molecule has 0 aromatic heterocycles. The average Bonchev–Trinajstić information content (AvgIpc) is 2.46. The summed E-state index contributed by atoms with van der Waals surface area (Å²) in [5, 5.41) is 0.798. The Morgan fingerprint density at radius 2 is 1.77 bits per heavy atom. The highest BCUT2D eigenvalue weighted by Crippen LogP contribution is 2.46. The first-order valence-corrected chi connectivity index (χ1v) is 8.26. The monoisotopic (exact) mass is 351 g/mol. The number of hydrogen-bond acceptors (Lipinski definition) is 2. The highest BCUT2D eigenvalue weighted by molar-refractivity contribution is 7.99. The number of rotatable bonds is 3. The van der Waals surface area contributed by atoms with Crippen LogP contribution in [0.3, 0.4) is 0 Å². The first-order chi connectivity index (χ1) is 10.1. The van der Waals surface area contributed by atoms with Crippen LogP contribution in [0.4, 0.5) is 0 Å². The van der Waals surface area contributed by atoms with E-state index in [4.69, 9.17) is 11.6 Å². The van der Waals surface area contributed by atoms with E-state index in [1.54, 1.807) is 0 Å². The summed E-state index contributed by atoms with van der Waals surface area (Å²) in [6, 6.07) is 14.8. The maximum absolute atomic E-state index is 6.21. The second kappa shape index (κ2) is 7.56. The van der Waals surface area contributed by atoms with Crippen LogP contribution in [0, 0.1) is 0 Å². The molecule has 0 amide bonds. The zero-order valence-corrected chi connectivity index (χ0v) is 15.1. The predicted octanol–water partition coefficient (Wildman–Crippen LogP) is 5.61. The minimum atomic E-state index is 0. The maximum atomic E-state index is 6.21. The minimum Gasteiger partial charge on any atom is -0.309 e. The molecule has 0 spiro atoms. The van der Waals surface area contributed by atoms with Crippen molar-refractivity contribution in [2.45, 2.75) is 16.2 Å². The SMILES string of the molecule is CN(C)CCC=C1c2ccccc2Sc2ccc(Cl)cc21.Cl. The van der Waals surface area contributed by atoms with Crippen LogP contribution < -0.4 is 0 Å². The summed E-state index contributed by atoms with van der Waals surface area (Å²) in [6.07, 6.45) is 3.38. The van der Waals surface area contributed by atoms with Gasteiger partial charge >= 0.3 is 0 Å². The first-order valence-electron chi connectivity index (χ1n) is 7.07. The van der Waals surface area contributed by atoms with E-state index < -0.39 is 0 Å². The number of nitrogens with zero attached hydrogens (tertiary/aromatic N) is 1. The van der Waals surface area contributed by atoms with Gasteiger partial charge in [-0.25, -0.2) is 0 Å². The summed E-state index contributed by atoms with van der Waals surface area (Å²) < 4.78 is 0. The molecule has 0 saturated heterocycles. The Hall–Kier alpha value is -0.930. The lowest BCUT2D eigenvalue weighted by molar-refractivity contribution is 0.417. The van der Waals surface area contributed by atoms with E-state index in [0.29, 0.717) is 0 Å². The van der Waals surface area contributed by atoms with Gasteiger partial charge in [0, 0.05) is 21.4 Å². The fourth-order valence-electron chi connectivity index (χ4n) is 2.53. The maximum Gasteiger partial charge on any atom is 0.0412 e. The largest absolute Gasteiger partial charge is 0.309 e. The van der Waals surface area contributed by atoms with Crippen molar-refractivity contribution in [3.05, 3.63) is 64.7 Å². The van der Waals surface area contributed by atoms with Crippen LogP contribution in [0.25, 0.3) is 5.57 Å². The molecule has 0 radical (unpaired) electrons. The zero-order valence-electron chi connectivity index (χ0n) is 12.7. The van der Waals surface area contributed by atoms with E-state index in [2.05, 4.69) is 61.5 Å². The molecular weight excluding hydrogens is 333 g/mol. The van der Waals surface area contributed by atoms with Gasteiger partial charge in [0.15, 0.2) is 0 Å². The molecule has 1 aliphatic rings. The second-order valence-corrected chi connectivity index (χ2v) is 6.97. The molecule has 1 heterocycles. The van der Waals surface area contributed by atoms with Gasteiger partial charge in [-0.2, -0.15) is 0 Å². The standard InChI is InChI=1S/C18H18ClNS.ClH/c1-20(2)11-5-7-14-15-6-3-4-8-17(15)21-18-10-9-13(19)12-16(14)18;/h3-4,6-10,12H,5,11H2,1-2H3;1H. The minimum absolute atomic E-state index is 0. The molecule has 0 atom stereocenters. The number of fused-ring (bicyclic) bond motifs is 2. The van der Waals surface area contributed by atoms with Crippen LogP contribution in [0.15, 0.2) is 58.3 Å². The number of hydrogen-bond donors (Lipinski definition) is 0. The van der Waals surface area contributed by atoms with Crippen LogP contribution in [0.2, 0.25) is 5.02 Å². The summed E-state index contributed by atoms with van der Waals surface area (Å²) in [5.41, 5.74) is 3.88. The molecule has 22 heavy (non-hydrogen) atoms. The lowest BCUT2D eigenvalue weighted by Gasteiger charge is -2.22. The zero-order chi connectivity index (χ0) is 14.8. The van der Waals surface area contributed by atoms with Crippen molar-refractivity contribution >= 4 is 41.3 Å². The Kier molecular flexibility index (Phi) is 5.99. The van der Waals surface area contributed by atoms with E-state index in [9.17, 15) is 0 Å². The van der Waals surface area contributed by atoms with Crippen molar-refractivity contribution in [2.24, 2.45) is 0 Å². The molecule has 1 nitrogen and oxygen atoms in total. The highest BCUT2D eigenvalue weighted by atomic mass is 35.5. The molecule has 1 aliphatic heterocycles. The summed E-state index contributed by atoms with van der Waals surface area (Å²) >= 11 is 8.03. The normalized spacial score (nSPS) is 14.5. The van der Waals surface area contributed by atoms with Crippen molar-refractivity contribution in [3.8, 4) is 0 Å². The van der Waals surface area contributed by atoms with Crippen LogP contribution in [0.5, 0.6) is 0 Å². The predicted molar refractivity (Wildman–Crippen MR) is 99.5 cm³/mol. The van der Waals surface area contributed by atoms with E-state index in [1.165, 1.54) is 26.5 Å². The Morgan fingerprint density at radius 1 is 1.05 bits per heavy atom. The summed E-state index contributed by atoms with van der Waals surface area (Å²) in [7, 11) is 4.21. The third-order valence-electron chi connectivity index (χ3n) is 3.55. The molecule has 0 aliphatic carbocycles. The molecule has 2 aromatic rings. The van der Waals surface area contributed by atoms with Crippen molar-refractivity contribution in [1.82, 2.24) is 4.90 Å². The van der Waals surface area contributed by atoms with Crippen molar-refractivity contribution < 1.29 is 0 Å². The smallest absolute Gasteiger partial charge is 0.0412 e. The van der Waals surface area contributed by atoms with Crippen molar-refractivity contribution in [3.63, 3.8) is 0 Å². The average molecular weight is 352 g/mol. The molecule has 0 saturated carbocycles. The Labute approximate surface area is 147 Å². The van der Waals surface area contributed by atoms with E-state index >= 15 is 0 Å². The third-order valence-corrected chi connectivity index (χ3v) is 4.94. The summed E-state index contributed by atoms with van der Waals surface area (Å²) in [6.45, 7) is 1.05. The molecule has 116 valence electrons. The summed E-state index contributed by atoms with van der Waals surface area (Å²) in [5.74, 6) is 0. The number of benzene rings is 2. The molecule has 3 rings (SSSR count). The van der Waals surface area contributed by atoms with Gasteiger partial charge in [0.1, 0.15) is 0 Å². The van der Waals surface area contributed by atoms with Gasteiger partial charge in [-0.05, 0) is 61.5 Å². The topological polar surface area (TPSA) is 3.24 Å². The fourth-order valence-corrected chi connectivity index (χ4v) is 3.79. The molecule has 0 bridgehead atoms. The van der Waals surface area contributed by atoms with Crippen LogP contribution in [-0.4, -0.2) is 25.5 Å². The van der Waals surface area contributed by atoms with Crippen molar-refractivity contribution in [2.75, 3.05) is 20.6 Å². The van der Waals surface area contributed by atoms with Crippen LogP contribution in [0.1, 0.15) is 17.5 Å². The Bertz CT molecular complexity index is 695. The molecule has 0 N–H and O–H groups in total. The Balaban J connectivity index is 0.00000176. The van der Waals surface area contributed by atoms with E-state index in [-0.39, 0.29) is 12.4 Å². The van der Waals surface area contributed by atoms with E-state index in [0.717, 1.165) is 18.0 Å². The summed E-state index contributed by atoms with van der Waals surface area (Å²) in [4.78, 5) is 4.82. The van der Waals surface area contributed by atoms with Gasteiger partial charge in [-0.3, -0.25) is 0 Å².